The molecule has 0 fully saturated rings. The highest BCUT2D eigenvalue weighted by Gasteiger charge is 2.10. The van der Waals surface area contributed by atoms with E-state index < -0.39 is 5.91 Å². The summed E-state index contributed by atoms with van der Waals surface area (Å²) >= 11 is 0. The molecule has 2 rings (SSSR count). The van der Waals surface area contributed by atoms with Gasteiger partial charge in [-0.2, -0.15) is 5.26 Å². The molecule has 6 nitrogen and oxygen atoms in total. The van der Waals surface area contributed by atoms with Gasteiger partial charge in [-0.1, -0.05) is 24.3 Å². The lowest BCUT2D eigenvalue weighted by atomic mass is 10.1. The molecule has 0 radical (unpaired) electrons. The summed E-state index contributed by atoms with van der Waals surface area (Å²) in [6, 6.07) is 15.9. The quantitative estimate of drug-likeness (QED) is 0.453. The van der Waals surface area contributed by atoms with Gasteiger partial charge < -0.3 is 14.8 Å². The Morgan fingerprint density at radius 1 is 1.11 bits per heavy atom. The second-order valence-electron chi connectivity index (χ2n) is 6.34. The van der Waals surface area contributed by atoms with Gasteiger partial charge >= 0.3 is 5.97 Å². The number of rotatable bonds is 7. The molecule has 0 atom stereocenters. The highest BCUT2D eigenvalue weighted by molar-refractivity contribution is 6.01. The molecule has 0 unspecified atom stereocenters. The largest absolute Gasteiger partial charge is 0.489 e. The normalized spacial score (nSPS) is 10.9. The lowest BCUT2D eigenvalue weighted by molar-refractivity contribution is -0.117. The third-order valence-corrected chi connectivity index (χ3v) is 3.76. The van der Waals surface area contributed by atoms with Crippen LogP contribution in [-0.2, 0) is 16.1 Å². The zero-order valence-corrected chi connectivity index (χ0v) is 16.1. The molecule has 0 saturated carbocycles. The fourth-order valence-electron chi connectivity index (χ4n) is 2.34. The number of esters is 1. The maximum atomic E-state index is 11.9. The summed E-state index contributed by atoms with van der Waals surface area (Å²) in [5.41, 5.74) is 2.17. The fourth-order valence-corrected chi connectivity index (χ4v) is 2.34. The molecule has 0 heterocycles. The summed E-state index contributed by atoms with van der Waals surface area (Å²) in [5, 5.41) is 11.9. The zero-order chi connectivity index (χ0) is 20.5. The van der Waals surface area contributed by atoms with Crippen LogP contribution in [0.1, 0.15) is 35.3 Å². The Morgan fingerprint density at radius 2 is 1.75 bits per heavy atom. The Balaban J connectivity index is 1.99. The molecular formula is C22H22N2O4. The number of nitriles is 1. The molecule has 0 aliphatic heterocycles. The smallest absolute Gasteiger partial charge is 0.337 e. The van der Waals surface area contributed by atoms with E-state index in [9.17, 15) is 14.9 Å². The first kappa shape index (κ1) is 20.7. The highest BCUT2D eigenvalue weighted by atomic mass is 16.5. The number of nitrogens with one attached hydrogen (secondary N) is 1. The van der Waals surface area contributed by atoms with Crippen LogP contribution in [0.25, 0.3) is 6.08 Å². The molecule has 6 heteroatoms. The predicted molar refractivity (Wildman–Crippen MR) is 105 cm³/mol. The molecule has 2 aromatic rings. The average molecular weight is 378 g/mol. The van der Waals surface area contributed by atoms with Crippen molar-refractivity contribution in [3.63, 3.8) is 0 Å². The van der Waals surface area contributed by atoms with E-state index in [1.807, 2.05) is 19.9 Å². The van der Waals surface area contributed by atoms with E-state index in [-0.39, 0.29) is 17.6 Å². The molecule has 0 bridgehead atoms. The van der Waals surface area contributed by atoms with Crippen LogP contribution < -0.4 is 10.1 Å². The fraction of sp³-hybridized carbons (Fsp3) is 0.227. The van der Waals surface area contributed by atoms with E-state index >= 15 is 0 Å². The SMILES string of the molecule is COC(=O)c1ccc(COc2ccc(/C=C(\C#N)C(=O)NC(C)C)cc2)cc1. The number of ether oxygens (including phenoxy) is 2. The Kier molecular flexibility index (Phi) is 7.35. The number of benzene rings is 2. The molecule has 0 aromatic heterocycles. The van der Waals surface area contributed by atoms with Crippen molar-refractivity contribution in [2.24, 2.45) is 0 Å². The van der Waals surface area contributed by atoms with Gasteiger partial charge in [-0.3, -0.25) is 4.79 Å². The van der Waals surface area contributed by atoms with E-state index in [1.54, 1.807) is 48.5 Å². The lowest BCUT2D eigenvalue weighted by Crippen LogP contribution is -2.30. The van der Waals surface area contributed by atoms with Crippen LogP contribution in [-0.4, -0.2) is 25.0 Å². The molecule has 1 N–H and O–H groups in total. The van der Waals surface area contributed by atoms with Crippen molar-refractivity contribution in [1.82, 2.24) is 5.32 Å². The highest BCUT2D eigenvalue weighted by Crippen LogP contribution is 2.17. The minimum Gasteiger partial charge on any atom is -0.489 e. The van der Waals surface area contributed by atoms with Crippen molar-refractivity contribution in [3.05, 3.63) is 70.8 Å². The lowest BCUT2D eigenvalue weighted by Gasteiger charge is -2.08. The number of carbonyl (C=O) groups is 2. The number of hydrogen-bond donors (Lipinski definition) is 1. The second kappa shape index (κ2) is 9.93. The van der Waals surface area contributed by atoms with Gasteiger partial charge in [0.05, 0.1) is 12.7 Å². The van der Waals surface area contributed by atoms with E-state index in [1.165, 1.54) is 13.2 Å². The van der Waals surface area contributed by atoms with Crippen LogP contribution in [0, 0.1) is 11.3 Å². The zero-order valence-electron chi connectivity index (χ0n) is 16.1. The summed E-state index contributed by atoms with van der Waals surface area (Å²) < 4.78 is 10.4. The van der Waals surface area contributed by atoms with Crippen molar-refractivity contribution < 1.29 is 19.1 Å². The topological polar surface area (TPSA) is 88.4 Å². The number of hydrogen-bond acceptors (Lipinski definition) is 5. The second-order valence-corrected chi connectivity index (χ2v) is 6.34. The van der Waals surface area contributed by atoms with Gasteiger partial charge in [0, 0.05) is 6.04 Å². The molecule has 28 heavy (non-hydrogen) atoms. The molecule has 1 amide bonds. The van der Waals surface area contributed by atoms with E-state index in [0.29, 0.717) is 17.9 Å². The summed E-state index contributed by atoms with van der Waals surface area (Å²) in [5.74, 6) is -0.123. The minimum absolute atomic E-state index is 0.0401. The van der Waals surface area contributed by atoms with Crippen LogP contribution in [0.3, 0.4) is 0 Å². The van der Waals surface area contributed by atoms with E-state index in [4.69, 9.17) is 4.74 Å². The van der Waals surface area contributed by atoms with Crippen LogP contribution in [0.2, 0.25) is 0 Å². The minimum atomic E-state index is -0.395. The van der Waals surface area contributed by atoms with Gasteiger partial charge in [-0.05, 0) is 55.3 Å². The van der Waals surface area contributed by atoms with Crippen LogP contribution >= 0.6 is 0 Å². The van der Waals surface area contributed by atoms with Crippen molar-refractivity contribution in [1.29, 1.82) is 5.26 Å². The first-order chi connectivity index (χ1) is 13.4. The number of methoxy groups -OCH3 is 1. The predicted octanol–water partition coefficient (Wildman–Crippen LogP) is 3.48. The Labute approximate surface area is 164 Å². The first-order valence-corrected chi connectivity index (χ1v) is 8.75. The molecular weight excluding hydrogens is 356 g/mol. The molecule has 0 spiro atoms. The Hall–Kier alpha value is -3.59. The molecule has 0 aliphatic carbocycles. The summed E-state index contributed by atoms with van der Waals surface area (Å²) in [7, 11) is 1.34. The Morgan fingerprint density at radius 3 is 2.29 bits per heavy atom. The van der Waals surface area contributed by atoms with Crippen molar-refractivity contribution in [2.75, 3.05) is 7.11 Å². The van der Waals surface area contributed by atoms with Gasteiger partial charge in [-0.15, -0.1) is 0 Å². The number of amides is 1. The molecule has 144 valence electrons. The molecule has 0 saturated heterocycles. The standard InChI is InChI=1S/C22H22N2O4/c1-15(2)24-21(25)19(13-23)12-16-6-10-20(11-7-16)28-14-17-4-8-18(9-5-17)22(26)27-3/h4-12,15H,14H2,1-3H3,(H,24,25)/b19-12+. The summed E-state index contributed by atoms with van der Waals surface area (Å²) in [6.45, 7) is 4.01. The monoisotopic (exact) mass is 378 g/mol. The van der Waals surface area contributed by atoms with Crippen LogP contribution in [0.5, 0.6) is 5.75 Å². The van der Waals surface area contributed by atoms with Crippen molar-refractivity contribution in [2.45, 2.75) is 26.5 Å². The van der Waals surface area contributed by atoms with Gasteiger partial charge in [0.15, 0.2) is 0 Å². The molecule has 0 aliphatic rings. The molecule has 2 aromatic carbocycles. The van der Waals surface area contributed by atoms with Crippen LogP contribution in [0.4, 0.5) is 0 Å². The number of nitrogens with zero attached hydrogens (tertiary/aromatic N) is 1. The summed E-state index contributed by atoms with van der Waals surface area (Å²) in [6.07, 6.45) is 1.53. The summed E-state index contributed by atoms with van der Waals surface area (Å²) in [4.78, 5) is 23.4. The third-order valence-electron chi connectivity index (χ3n) is 3.76. The maximum absolute atomic E-state index is 11.9. The van der Waals surface area contributed by atoms with Gasteiger partial charge in [-0.25, -0.2) is 4.79 Å². The van der Waals surface area contributed by atoms with E-state index in [0.717, 1.165) is 11.1 Å². The number of carbonyl (C=O) groups excluding carboxylic acids is 2. The van der Waals surface area contributed by atoms with Gasteiger partial charge in [0.2, 0.25) is 0 Å². The van der Waals surface area contributed by atoms with Crippen LogP contribution in [0.15, 0.2) is 54.1 Å². The van der Waals surface area contributed by atoms with Gasteiger partial charge in [0.25, 0.3) is 5.91 Å². The van der Waals surface area contributed by atoms with Crippen molar-refractivity contribution >= 4 is 18.0 Å². The van der Waals surface area contributed by atoms with Gasteiger partial charge in [0.1, 0.15) is 24.0 Å². The van der Waals surface area contributed by atoms with Crippen molar-refractivity contribution in [3.8, 4) is 11.8 Å². The maximum Gasteiger partial charge on any atom is 0.337 e. The average Bonchev–Trinajstić information content (AvgIpc) is 2.70. The van der Waals surface area contributed by atoms with E-state index in [2.05, 4.69) is 10.1 Å². The first-order valence-electron chi connectivity index (χ1n) is 8.75. The third kappa shape index (κ3) is 5.99. The Bertz CT molecular complexity index is 892.